The lowest BCUT2D eigenvalue weighted by Crippen LogP contribution is -1.96. The van der Waals surface area contributed by atoms with E-state index in [9.17, 15) is 4.79 Å². The molecule has 0 spiro atoms. The second-order valence-electron chi connectivity index (χ2n) is 4.73. The number of carbonyl (C=O) groups is 1. The van der Waals surface area contributed by atoms with Gasteiger partial charge in [0, 0.05) is 11.8 Å². The Bertz CT molecular complexity index is 562. The van der Waals surface area contributed by atoms with E-state index in [1.807, 2.05) is 0 Å². The molecule has 0 unspecified atom stereocenters. The number of aryl methyl sites for hydroxylation is 1. The van der Waals surface area contributed by atoms with Crippen molar-refractivity contribution in [1.29, 1.82) is 0 Å². The molecule has 1 heterocycles. The van der Waals surface area contributed by atoms with Gasteiger partial charge in [0.05, 0.1) is 23.1 Å². The van der Waals surface area contributed by atoms with Crippen LogP contribution in [0.15, 0.2) is 36.7 Å². The number of hydrogen-bond acceptors (Lipinski definition) is 3. The third-order valence-corrected chi connectivity index (χ3v) is 3.17. The first-order valence-corrected chi connectivity index (χ1v) is 6.85. The van der Waals surface area contributed by atoms with Gasteiger partial charge in [0.15, 0.2) is 0 Å². The molecule has 0 amide bonds. The number of nitrogens with zero attached hydrogens (tertiary/aromatic N) is 2. The van der Waals surface area contributed by atoms with Crippen molar-refractivity contribution in [2.75, 3.05) is 0 Å². The molecule has 1 aromatic heterocycles. The van der Waals surface area contributed by atoms with E-state index in [1.54, 1.807) is 36.7 Å². The van der Waals surface area contributed by atoms with Crippen LogP contribution in [-0.4, -0.2) is 21.0 Å². The van der Waals surface area contributed by atoms with Crippen molar-refractivity contribution in [3.8, 4) is 11.3 Å². The number of carboxylic acid groups (broad SMARTS) is 1. The number of benzene rings is 1. The van der Waals surface area contributed by atoms with Crippen LogP contribution in [-0.2, 0) is 6.42 Å². The minimum absolute atomic E-state index is 0.276. The summed E-state index contributed by atoms with van der Waals surface area (Å²) in [5.74, 6) is -0.922. The molecule has 20 heavy (non-hydrogen) atoms. The molecule has 0 saturated carbocycles. The number of aromatic carboxylic acids is 1. The van der Waals surface area contributed by atoms with Crippen LogP contribution in [0, 0.1) is 0 Å². The summed E-state index contributed by atoms with van der Waals surface area (Å²) in [5.41, 5.74) is 2.92. The highest BCUT2D eigenvalue weighted by atomic mass is 16.4. The molecule has 2 aromatic rings. The van der Waals surface area contributed by atoms with Gasteiger partial charge in [-0.1, -0.05) is 31.9 Å². The summed E-state index contributed by atoms with van der Waals surface area (Å²) in [6, 6.07) is 6.66. The fourth-order valence-corrected chi connectivity index (χ4v) is 1.97. The van der Waals surface area contributed by atoms with Gasteiger partial charge in [-0.3, -0.25) is 9.97 Å². The van der Waals surface area contributed by atoms with E-state index in [4.69, 9.17) is 5.11 Å². The molecule has 0 fully saturated rings. The standard InChI is InChI=1S/C16H18N2O2/c1-2-3-4-5-14-10-18-15(11-17-14)12-6-8-13(9-7-12)16(19)20/h6-11H,2-5H2,1H3,(H,19,20). The molecule has 104 valence electrons. The molecule has 1 N–H and O–H groups in total. The highest BCUT2D eigenvalue weighted by Crippen LogP contribution is 2.17. The van der Waals surface area contributed by atoms with Gasteiger partial charge in [0.1, 0.15) is 0 Å². The van der Waals surface area contributed by atoms with Crippen molar-refractivity contribution in [2.24, 2.45) is 0 Å². The second kappa shape index (κ2) is 6.80. The summed E-state index contributed by atoms with van der Waals surface area (Å²) in [6.07, 6.45) is 8.05. The number of aromatic nitrogens is 2. The molecule has 0 bridgehead atoms. The monoisotopic (exact) mass is 270 g/mol. The maximum atomic E-state index is 10.8. The summed E-state index contributed by atoms with van der Waals surface area (Å²) in [4.78, 5) is 19.6. The number of unbranched alkanes of at least 4 members (excludes halogenated alkanes) is 2. The molecule has 4 heteroatoms. The average Bonchev–Trinajstić information content (AvgIpc) is 2.48. The van der Waals surface area contributed by atoms with Crippen LogP contribution in [0.25, 0.3) is 11.3 Å². The lowest BCUT2D eigenvalue weighted by Gasteiger charge is -2.03. The quantitative estimate of drug-likeness (QED) is 0.815. The molecule has 0 aliphatic heterocycles. The number of carboxylic acids is 1. The number of rotatable bonds is 6. The highest BCUT2D eigenvalue weighted by Gasteiger charge is 2.04. The Morgan fingerprint density at radius 3 is 2.40 bits per heavy atom. The average molecular weight is 270 g/mol. The van der Waals surface area contributed by atoms with Gasteiger partial charge in [-0.15, -0.1) is 0 Å². The van der Waals surface area contributed by atoms with Gasteiger partial charge in [-0.05, 0) is 25.0 Å². The highest BCUT2D eigenvalue weighted by molar-refractivity contribution is 5.88. The van der Waals surface area contributed by atoms with Crippen molar-refractivity contribution in [2.45, 2.75) is 32.6 Å². The molecule has 0 atom stereocenters. The van der Waals surface area contributed by atoms with Gasteiger partial charge >= 0.3 is 5.97 Å². The van der Waals surface area contributed by atoms with Crippen LogP contribution in [0.4, 0.5) is 0 Å². The normalized spacial score (nSPS) is 10.4. The molecule has 0 radical (unpaired) electrons. The number of hydrogen-bond donors (Lipinski definition) is 1. The Morgan fingerprint density at radius 1 is 1.10 bits per heavy atom. The van der Waals surface area contributed by atoms with Crippen molar-refractivity contribution >= 4 is 5.97 Å². The third kappa shape index (κ3) is 3.63. The molecular formula is C16H18N2O2. The Morgan fingerprint density at radius 2 is 1.85 bits per heavy atom. The van der Waals surface area contributed by atoms with Crippen LogP contribution >= 0.6 is 0 Å². The Labute approximate surface area is 118 Å². The smallest absolute Gasteiger partial charge is 0.335 e. The van der Waals surface area contributed by atoms with E-state index < -0.39 is 5.97 Å². The Kier molecular flexibility index (Phi) is 4.82. The summed E-state index contributed by atoms with van der Waals surface area (Å²) >= 11 is 0. The Balaban J connectivity index is 2.07. The first kappa shape index (κ1) is 14.2. The van der Waals surface area contributed by atoms with E-state index in [0.29, 0.717) is 0 Å². The van der Waals surface area contributed by atoms with Crippen LogP contribution in [0.3, 0.4) is 0 Å². The van der Waals surface area contributed by atoms with Gasteiger partial charge in [-0.25, -0.2) is 4.79 Å². The fraction of sp³-hybridized carbons (Fsp3) is 0.312. The van der Waals surface area contributed by atoms with Gasteiger partial charge in [0.2, 0.25) is 0 Å². The van der Waals surface area contributed by atoms with E-state index in [2.05, 4.69) is 16.9 Å². The third-order valence-electron chi connectivity index (χ3n) is 3.17. The topological polar surface area (TPSA) is 63.1 Å². The van der Waals surface area contributed by atoms with Gasteiger partial charge in [0.25, 0.3) is 0 Å². The van der Waals surface area contributed by atoms with Gasteiger partial charge < -0.3 is 5.11 Å². The van der Waals surface area contributed by atoms with E-state index in [-0.39, 0.29) is 5.56 Å². The zero-order valence-electron chi connectivity index (χ0n) is 11.5. The van der Waals surface area contributed by atoms with Crippen molar-refractivity contribution in [1.82, 2.24) is 9.97 Å². The SMILES string of the molecule is CCCCCc1cnc(-c2ccc(C(=O)O)cc2)cn1. The maximum Gasteiger partial charge on any atom is 0.335 e. The molecule has 0 aliphatic rings. The second-order valence-corrected chi connectivity index (χ2v) is 4.73. The molecule has 1 aromatic carbocycles. The fourth-order valence-electron chi connectivity index (χ4n) is 1.97. The van der Waals surface area contributed by atoms with Crippen molar-refractivity contribution in [3.63, 3.8) is 0 Å². The first-order chi connectivity index (χ1) is 9.70. The van der Waals surface area contributed by atoms with E-state index in [0.717, 1.165) is 29.8 Å². The lowest BCUT2D eigenvalue weighted by atomic mass is 10.1. The minimum atomic E-state index is -0.922. The zero-order chi connectivity index (χ0) is 14.4. The van der Waals surface area contributed by atoms with Gasteiger partial charge in [-0.2, -0.15) is 0 Å². The van der Waals surface area contributed by atoms with Crippen LogP contribution in [0.2, 0.25) is 0 Å². The predicted molar refractivity (Wildman–Crippen MR) is 77.7 cm³/mol. The van der Waals surface area contributed by atoms with Crippen molar-refractivity contribution < 1.29 is 9.90 Å². The lowest BCUT2D eigenvalue weighted by molar-refractivity contribution is 0.0697. The summed E-state index contributed by atoms with van der Waals surface area (Å²) in [7, 11) is 0. The molecular weight excluding hydrogens is 252 g/mol. The van der Waals surface area contributed by atoms with Crippen molar-refractivity contribution in [3.05, 3.63) is 47.9 Å². The summed E-state index contributed by atoms with van der Waals surface area (Å²) in [5, 5.41) is 8.86. The largest absolute Gasteiger partial charge is 0.478 e. The summed E-state index contributed by atoms with van der Waals surface area (Å²) in [6.45, 7) is 2.18. The molecule has 2 rings (SSSR count). The molecule has 0 saturated heterocycles. The minimum Gasteiger partial charge on any atom is -0.478 e. The molecule has 4 nitrogen and oxygen atoms in total. The molecule has 0 aliphatic carbocycles. The first-order valence-electron chi connectivity index (χ1n) is 6.85. The maximum absolute atomic E-state index is 10.8. The zero-order valence-corrected chi connectivity index (χ0v) is 11.5. The summed E-state index contributed by atoms with van der Waals surface area (Å²) < 4.78 is 0. The predicted octanol–water partition coefficient (Wildman–Crippen LogP) is 3.57. The van der Waals surface area contributed by atoms with E-state index >= 15 is 0 Å². The van der Waals surface area contributed by atoms with E-state index in [1.165, 1.54) is 12.8 Å². The Hall–Kier alpha value is -2.23. The van der Waals surface area contributed by atoms with Crippen LogP contribution in [0.1, 0.15) is 42.2 Å². The van der Waals surface area contributed by atoms with Crippen LogP contribution < -0.4 is 0 Å². The van der Waals surface area contributed by atoms with Crippen LogP contribution in [0.5, 0.6) is 0 Å².